The quantitative estimate of drug-likeness (QED) is 0.881. The first-order valence-electron chi connectivity index (χ1n) is 7.16. The van der Waals surface area contributed by atoms with E-state index in [0.29, 0.717) is 24.3 Å². The van der Waals surface area contributed by atoms with Crippen molar-refractivity contribution in [3.05, 3.63) is 42.2 Å². The van der Waals surface area contributed by atoms with E-state index in [1.54, 1.807) is 6.07 Å². The minimum atomic E-state index is -0.905. The summed E-state index contributed by atoms with van der Waals surface area (Å²) < 4.78 is 5.19. The molecule has 6 nitrogen and oxygen atoms in total. The van der Waals surface area contributed by atoms with Crippen LogP contribution in [0, 0.1) is 11.8 Å². The number of amides is 1. The van der Waals surface area contributed by atoms with Gasteiger partial charge >= 0.3 is 5.97 Å². The molecule has 2 aromatic rings. The number of aliphatic carboxylic acids is 1. The fourth-order valence-corrected chi connectivity index (χ4v) is 2.56. The molecule has 0 aliphatic heterocycles. The molecule has 3 rings (SSSR count). The van der Waals surface area contributed by atoms with Crippen molar-refractivity contribution in [1.82, 2.24) is 10.5 Å². The Labute approximate surface area is 127 Å². The first-order valence-corrected chi connectivity index (χ1v) is 7.16. The third-order valence-corrected chi connectivity index (χ3v) is 3.99. The summed E-state index contributed by atoms with van der Waals surface area (Å²) in [6.07, 6.45) is 1.18. The van der Waals surface area contributed by atoms with Crippen molar-refractivity contribution in [3.63, 3.8) is 0 Å². The zero-order valence-electron chi connectivity index (χ0n) is 11.9. The third kappa shape index (κ3) is 2.86. The number of nitrogens with one attached hydrogen (secondary N) is 1. The first kappa shape index (κ1) is 14.3. The Morgan fingerprint density at radius 1 is 1.23 bits per heavy atom. The van der Waals surface area contributed by atoms with Crippen molar-refractivity contribution in [1.29, 1.82) is 0 Å². The molecular formula is C16H16N2O4. The van der Waals surface area contributed by atoms with Gasteiger partial charge in [0.15, 0.2) is 5.76 Å². The minimum absolute atomic E-state index is 0.210. The van der Waals surface area contributed by atoms with Crippen molar-refractivity contribution < 1.29 is 19.2 Å². The van der Waals surface area contributed by atoms with Crippen molar-refractivity contribution in [2.24, 2.45) is 11.8 Å². The van der Waals surface area contributed by atoms with Crippen LogP contribution < -0.4 is 5.32 Å². The molecule has 1 aromatic heterocycles. The highest BCUT2D eigenvalue weighted by atomic mass is 16.5. The molecule has 1 heterocycles. The third-order valence-electron chi connectivity index (χ3n) is 3.99. The van der Waals surface area contributed by atoms with E-state index in [-0.39, 0.29) is 12.5 Å². The smallest absolute Gasteiger partial charge is 0.307 e. The van der Waals surface area contributed by atoms with Crippen LogP contribution in [-0.4, -0.2) is 22.1 Å². The number of benzene rings is 1. The van der Waals surface area contributed by atoms with Crippen LogP contribution in [0.5, 0.6) is 0 Å². The molecule has 2 N–H and O–H groups in total. The Bertz CT molecular complexity index is 680. The molecule has 0 saturated heterocycles. The Hall–Kier alpha value is -2.63. The summed E-state index contributed by atoms with van der Waals surface area (Å²) >= 11 is 0. The summed E-state index contributed by atoms with van der Waals surface area (Å²) in [5, 5.41) is 15.6. The fraction of sp³-hybridized carbons (Fsp3) is 0.312. The number of hydrogen-bond donors (Lipinski definition) is 2. The second kappa shape index (κ2) is 6.01. The van der Waals surface area contributed by atoms with Gasteiger partial charge in [0.1, 0.15) is 5.69 Å². The molecule has 1 aliphatic carbocycles. The average Bonchev–Trinajstić information content (AvgIpc) is 2.93. The maximum Gasteiger partial charge on any atom is 0.307 e. The molecule has 0 bridgehead atoms. The van der Waals surface area contributed by atoms with Crippen molar-refractivity contribution in [3.8, 4) is 11.3 Å². The van der Waals surface area contributed by atoms with Gasteiger partial charge in [0.2, 0.25) is 5.91 Å². The zero-order chi connectivity index (χ0) is 15.5. The van der Waals surface area contributed by atoms with E-state index >= 15 is 0 Å². The molecule has 2 unspecified atom stereocenters. The predicted octanol–water partition coefficient (Wildman–Crippen LogP) is 2.07. The highest BCUT2D eigenvalue weighted by Crippen LogP contribution is 2.34. The van der Waals surface area contributed by atoms with Crippen LogP contribution >= 0.6 is 0 Å². The molecule has 1 aromatic carbocycles. The van der Waals surface area contributed by atoms with E-state index in [2.05, 4.69) is 10.5 Å². The Morgan fingerprint density at radius 2 is 1.95 bits per heavy atom. The average molecular weight is 300 g/mol. The van der Waals surface area contributed by atoms with Crippen molar-refractivity contribution >= 4 is 11.9 Å². The van der Waals surface area contributed by atoms with Gasteiger partial charge in [-0.15, -0.1) is 0 Å². The lowest BCUT2D eigenvalue weighted by Gasteiger charge is -2.31. The highest BCUT2D eigenvalue weighted by Gasteiger charge is 2.41. The Morgan fingerprint density at radius 3 is 2.59 bits per heavy atom. The van der Waals surface area contributed by atoms with Gasteiger partial charge < -0.3 is 14.9 Å². The van der Waals surface area contributed by atoms with E-state index in [0.717, 1.165) is 5.56 Å². The second-order valence-corrected chi connectivity index (χ2v) is 5.39. The van der Waals surface area contributed by atoms with Crippen LogP contribution in [0.25, 0.3) is 11.3 Å². The topological polar surface area (TPSA) is 92.4 Å². The lowest BCUT2D eigenvalue weighted by molar-refractivity contribution is -0.152. The molecule has 1 amide bonds. The molecular weight excluding hydrogens is 284 g/mol. The largest absolute Gasteiger partial charge is 0.481 e. The SMILES string of the molecule is O=C(O)C1CCC1C(=O)NCc1cc(-c2ccccc2)no1. The number of carboxylic acid groups (broad SMARTS) is 1. The highest BCUT2D eigenvalue weighted by molar-refractivity contribution is 5.86. The van der Waals surface area contributed by atoms with Crippen LogP contribution in [0.3, 0.4) is 0 Å². The van der Waals surface area contributed by atoms with E-state index in [4.69, 9.17) is 9.63 Å². The van der Waals surface area contributed by atoms with Crippen LogP contribution in [0.1, 0.15) is 18.6 Å². The van der Waals surface area contributed by atoms with Crippen LogP contribution in [0.4, 0.5) is 0 Å². The number of carboxylic acids is 1. The molecule has 1 saturated carbocycles. The van der Waals surface area contributed by atoms with Crippen molar-refractivity contribution in [2.75, 3.05) is 0 Å². The lowest BCUT2D eigenvalue weighted by Crippen LogP contribution is -2.43. The minimum Gasteiger partial charge on any atom is -0.481 e. The Balaban J connectivity index is 1.57. The molecule has 1 fully saturated rings. The summed E-state index contributed by atoms with van der Waals surface area (Å²) in [5.74, 6) is -1.60. The monoisotopic (exact) mass is 300 g/mol. The standard InChI is InChI=1S/C16H16N2O4/c19-15(12-6-7-13(12)16(20)21)17-9-11-8-14(18-22-11)10-4-2-1-3-5-10/h1-5,8,12-13H,6-7,9H2,(H,17,19)(H,20,21). The summed E-state index contributed by atoms with van der Waals surface area (Å²) in [4.78, 5) is 22.9. The molecule has 22 heavy (non-hydrogen) atoms. The Kier molecular flexibility index (Phi) is 3.91. The van der Waals surface area contributed by atoms with Gasteiger partial charge in [0.25, 0.3) is 0 Å². The molecule has 1 aliphatic rings. The summed E-state index contributed by atoms with van der Waals surface area (Å²) in [7, 11) is 0. The van der Waals surface area contributed by atoms with Crippen LogP contribution in [-0.2, 0) is 16.1 Å². The summed E-state index contributed by atoms with van der Waals surface area (Å²) in [6, 6.07) is 11.4. The number of rotatable bonds is 5. The second-order valence-electron chi connectivity index (χ2n) is 5.39. The molecule has 0 spiro atoms. The number of aromatic nitrogens is 1. The van der Waals surface area contributed by atoms with E-state index in [1.165, 1.54) is 0 Å². The van der Waals surface area contributed by atoms with Gasteiger partial charge in [-0.2, -0.15) is 0 Å². The predicted molar refractivity (Wildman–Crippen MR) is 77.6 cm³/mol. The maximum absolute atomic E-state index is 12.0. The summed E-state index contributed by atoms with van der Waals surface area (Å²) in [5.41, 5.74) is 1.64. The summed E-state index contributed by atoms with van der Waals surface area (Å²) in [6.45, 7) is 0.210. The van der Waals surface area contributed by atoms with Crippen LogP contribution in [0.15, 0.2) is 40.9 Å². The van der Waals surface area contributed by atoms with Crippen LogP contribution in [0.2, 0.25) is 0 Å². The number of carbonyl (C=O) groups is 2. The molecule has 6 heteroatoms. The molecule has 114 valence electrons. The number of hydrogen-bond acceptors (Lipinski definition) is 4. The van der Waals surface area contributed by atoms with Gasteiger partial charge in [0.05, 0.1) is 18.4 Å². The van der Waals surface area contributed by atoms with Gasteiger partial charge in [-0.3, -0.25) is 9.59 Å². The van der Waals surface area contributed by atoms with Gasteiger partial charge in [-0.1, -0.05) is 35.5 Å². The fourth-order valence-electron chi connectivity index (χ4n) is 2.56. The maximum atomic E-state index is 12.0. The normalized spacial score (nSPS) is 20.2. The van der Waals surface area contributed by atoms with E-state index in [1.807, 2.05) is 30.3 Å². The lowest BCUT2D eigenvalue weighted by atomic mass is 9.73. The van der Waals surface area contributed by atoms with Gasteiger partial charge in [-0.25, -0.2) is 0 Å². The van der Waals surface area contributed by atoms with Gasteiger partial charge in [0, 0.05) is 11.6 Å². The number of nitrogens with zero attached hydrogens (tertiary/aromatic N) is 1. The van der Waals surface area contributed by atoms with E-state index < -0.39 is 17.8 Å². The number of carbonyl (C=O) groups excluding carboxylic acids is 1. The van der Waals surface area contributed by atoms with Crippen molar-refractivity contribution in [2.45, 2.75) is 19.4 Å². The zero-order valence-corrected chi connectivity index (χ0v) is 11.9. The first-order chi connectivity index (χ1) is 10.6. The van der Waals surface area contributed by atoms with E-state index in [9.17, 15) is 9.59 Å². The molecule has 0 radical (unpaired) electrons. The van der Waals surface area contributed by atoms with Gasteiger partial charge in [-0.05, 0) is 12.8 Å². The molecule has 2 atom stereocenters.